The van der Waals surface area contributed by atoms with Crippen molar-refractivity contribution in [2.45, 2.75) is 56.8 Å². The van der Waals surface area contributed by atoms with Crippen LogP contribution in [0.15, 0.2) is 53.4 Å². The summed E-state index contributed by atoms with van der Waals surface area (Å²) in [4.78, 5) is 11.3. The maximum Gasteiger partial charge on any atom is 0.406 e. The van der Waals surface area contributed by atoms with Crippen molar-refractivity contribution >= 4 is 16.1 Å². The van der Waals surface area contributed by atoms with Gasteiger partial charge in [0.25, 0.3) is 0 Å². The quantitative estimate of drug-likeness (QED) is 0.388. The molecule has 0 heterocycles. The molecule has 0 bridgehead atoms. The topological polar surface area (TPSA) is 140 Å². The van der Waals surface area contributed by atoms with Gasteiger partial charge in [0.2, 0.25) is 10.0 Å². The molecule has 184 valence electrons. The zero-order valence-corrected chi connectivity index (χ0v) is 20.3. The van der Waals surface area contributed by atoms with Gasteiger partial charge in [-0.2, -0.15) is 9.57 Å². The number of nitriles is 1. The molecule has 34 heavy (non-hydrogen) atoms. The van der Waals surface area contributed by atoms with Crippen LogP contribution >= 0.6 is 0 Å². The highest BCUT2D eigenvalue weighted by Crippen LogP contribution is 2.29. The van der Waals surface area contributed by atoms with E-state index in [1.54, 1.807) is 36.4 Å². The summed E-state index contributed by atoms with van der Waals surface area (Å²) in [5.74, 6) is 0.638. The zero-order chi connectivity index (χ0) is 25.3. The summed E-state index contributed by atoms with van der Waals surface area (Å²) < 4.78 is 33.9. The highest BCUT2D eigenvalue weighted by atomic mass is 32.2. The number of hydrogen-bond acceptors (Lipinski definition) is 6. The maximum atomic E-state index is 13.8. The van der Waals surface area contributed by atoms with Crippen molar-refractivity contribution in [3.8, 4) is 11.8 Å². The van der Waals surface area contributed by atoms with Crippen molar-refractivity contribution in [1.82, 2.24) is 9.62 Å². The van der Waals surface area contributed by atoms with Gasteiger partial charge in [-0.1, -0.05) is 37.3 Å². The van der Waals surface area contributed by atoms with E-state index >= 15 is 0 Å². The second kappa shape index (κ2) is 12.4. The van der Waals surface area contributed by atoms with Crippen molar-refractivity contribution < 1.29 is 28.2 Å². The number of benzene rings is 2. The van der Waals surface area contributed by atoms with Crippen LogP contribution in [0.1, 0.15) is 37.8 Å². The van der Waals surface area contributed by atoms with E-state index < -0.39 is 28.4 Å². The molecule has 0 aromatic heterocycles. The number of aliphatic hydroxyl groups excluding tert-OH is 1. The van der Waals surface area contributed by atoms with Gasteiger partial charge in [-0.3, -0.25) is 0 Å². The number of methoxy groups -OCH3 is 1. The summed E-state index contributed by atoms with van der Waals surface area (Å²) in [6.07, 6.45) is -2.64. The molecule has 0 aliphatic heterocycles. The number of hydrogen-bond donors (Lipinski definition) is 3. The third-order valence-electron chi connectivity index (χ3n) is 5.40. The normalized spacial score (nSPS) is 14.1. The molecule has 0 aliphatic carbocycles. The minimum absolute atomic E-state index is 0.0513. The Labute approximate surface area is 200 Å². The van der Waals surface area contributed by atoms with E-state index in [-0.39, 0.29) is 17.4 Å². The summed E-state index contributed by atoms with van der Waals surface area (Å²) >= 11 is 0. The highest BCUT2D eigenvalue weighted by Gasteiger charge is 2.36. The monoisotopic (exact) mass is 489 g/mol. The fraction of sp³-hybridized carbons (Fsp3) is 0.417. The largest absolute Gasteiger partial charge is 0.496 e. The lowest BCUT2D eigenvalue weighted by Gasteiger charge is -2.32. The fourth-order valence-electron chi connectivity index (χ4n) is 3.65. The van der Waals surface area contributed by atoms with Crippen molar-refractivity contribution in [2.24, 2.45) is 5.92 Å². The lowest BCUT2D eigenvalue weighted by Crippen LogP contribution is -2.55. The average Bonchev–Trinajstić information content (AvgIpc) is 2.80. The number of carboxylic acid groups (broad SMARTS) is 1. The predicted octanol–water partition coefficient (Wildman–Crippen LogP) is 3.34. The van der Waals surface area contributed by atoms with Crippen LogP contribution < -0.4 is 10.1 Å². The van der Waals surface area contributed by atoms with Gasteiger partial charge in [0.1, 0.15) is 11.9 Å². The number of ether oxygens (including phenoxy) is 1. The van der Waals surface area contributed by atoms with Crippen LogP contribution in [-0.2, 0) is 23.0 Å². The molecule has 2 rings (SSSR count). The molecule has 3 atom stereocenters. The molecule has 2 aromatic carbocycles. The van der Waals surface area contributed by atoms with Gasteiger partial charge in [-0.05, 0) is 55.0 Å². The van der Waals surface area contributed by atoms with E-state index in [4.69, 9.17) is 10.00 Å². The van der Waals surface area contributed by atoms with Gasteiger partial charge in [-0.25, -0.2) is 13.2 Å². The van der Waals surface area contributed by atoms with Crippen LogP contribution in [0.3, 0.4) is 0 Å². The smallest absolute Gasteiger partial charge is 0.406 e. The van der Waals surface area contributed by atoms with Gasteiger partial charge in [0.15, 0.2) is 0 Å². The number of sulfonamides is 1. The number of nitrogens with zero attached hydrogens (tertiary/aromatic N) is 2. The molecule has 0 radical (unpaired) electrons. The third-order valence-corrected chi connectivity index (χ3v) is 7.22. The molecule has 0 aliphatic rings. The Morgan fingerprint density at radius 2 is 1.88 bits per heavy atom. The molecular weight excluding hydrogens is 458 g/mol. The number of rotatable bonds is 12. The van der Waals surface area contributed by atoms with E-state index in [1.807, 2.05) is 6.92 Å². The Morgan fingerprint density at radius 1 is 1.21 bits per heavy atom. The standard InChI is InChI=1S/C24H31N3O6S/c1-17(8-7-13-25)14-20-15-21(11-12-22(20)33-3)34(31,32)27(16-19-9-5-4-6-10-19)23(18(2)28)26-24(29)30/h4-6,9-12,15,17-18,23,26,28H,7-8,14,16H2,1-3H3,(H,29,30)/t17?,18-,23+/m1/s1. The van der Waals surface area contributed by atoms with E-state index in [0.29, 0.717) is 36.1 Å². The van der Waals surface area contributed by atoms with Crippen LogP contribution in [0.5, 0.6) is 5.75 Å². The molecule has 1 amide bonds. The third kappa shape index (κ3) is 7.18. The molecule has 2 aromatic rings. The van der Waals surface area contributed by atoms with Crippen molar-refractivity contribution in [2.75, 3.05) is 7.11 Å². The van der Waals surface area contributed by atoms with Crippen LogP contribution in [0.4, 0.5) is 4.79 Å². The van der Waals surface area contributed by atoms with Gasteiger partial charge < -0.3 is 20.3 Å². The summed E-state index contributed by atoms with van der Waals surface area (Å²) in [6.45, 7) is 3.14. The molecule has 1 unspecified atom stereocenters. The number of carbonyl (C=O) groups is 1. The predicted molar refractivity (Wildman–Crippen MR) is 127 cm³/mol. The van der Waals surface area contributed by atoms with E-state index in [1.165, 1.54) is 26.2 Å². The Hall–Kier alpha value is -3.13. The molecular formula is C24H31N3O6S. The Kier molecular flexibility index (Phi) is 9.86. The van der Waals surface area contributed by atoms with Gasteiger partial charge in [0, 0.05) is 13.0 Å². The van der Waals surface area contributed by atoms with E-state index in [0.717, 1.165) is 4.31 Å². The van der Waals surface area contributed by atoms with Crippen LogP contribution in [0, 0.1) is 17.2 Å². The molecule has 10 heteroatoms. The van der Waals surface area contributed by atoms with Crippen LogP contribution in [0.25, 0.3) is 0 Å². The first-order valence-corrected chi connectivity index (χ1v) is 12.3. The molecule has 9 nitrogen and oxygen atoms in total. The number of aliphatic hydroxyl groups is 1. The van der Waals surface area contributed by atoms with E-state index in [9.17, 15) is 23.4 Å². The maximum absolute atomic E-state index is 13.8. The number of nitrogens with one attached hydrogen (secondary N) is 1. The first kappa shape index (κ1) is 27.1. The van der Waals surface area contributed by atoms with Crippen molar-refractivity contribution in [3.05, 3.63) is 59.7 Å². The van der Waals surface area contributed by atoms with Crippen molar-refractivity contribution in [3.63, 3.8) is 0 Å². The SMILES string of the molecule is COc1ccc(S(=O)(=O)N(Cc2ccccc2)[C@H](NC(=O)O)[C@@H](C)O)cc1CC(C)CCC#N. The molecule has 0 saturated heterocycles. The molecule has 0 saturated carbocycles. The first-order valence-electron chi connectivity index (χ1n) is 10.9. The molecule has 0 spiro atoms. The van der Waals surface area contributed by atoms with Crippen LogP contribution in [-0.4, -0.2) is 48.4 Å². The lowest BCUT2D eigenvalue weighted by molar-refractivity contribution is 0.0785. The molecule has 3 N–H and O–H groups in total. The second-order valence-corrected chi connectivity index (χ2v) is 10.0. The van der Waals surface area contributed by atoms with Gasteiger partial charge >= 0.3 is 6.09 Å². The Bertz CT molecular complexity index is 1100. The summed E-state index contributed by atoms with van der Waals surface area (Å²) in [5, 5.41) is 30.5. The lowest BCUT2D eigenvalue weighted by atomic mass is 9.96. The average molecular weight is 490 g/mol. The molecule has 0 fully saturated rings. The summed E-state index contributed by atoms with van der Waals surface area (Å²) in [7, 11) is -2.75. The van der Waals surface area contributed by atoms with E-state index in [2.05, 4.69) is 11.4 Å². The highest BCUT2D eigenvalue weighted by molar-refractivity contribution is 7.89. The minimum atomic E-state index is -4.25. The van der Waals surface area contributed by atoms with Crippen LogP contribution in [0.2, 0.25) is 0 Å². The van der Waals surface area contributed by atoms with Gasteiger partial charge in [-0.15, -0.1) is 0 Å². The zero-order valence-electron chi connectivity index (χ0n) is 19.5. The minimum Gasteiger partial charge on any atom is -0.496 e. The second-order valence-electron chi connectivity index (χ2n) is 8.15. The first-order chi connectivity index (χ1) is 16.1. The Morgan fingerprint density at radius 3 is 2.44 bits per heavy atom. The summed E-state index contributed by atoms with van der Waals surface area (Å²) in [5.41, 5.74) is 1.29. The summed E-state index contributed by atoms with van der Waals surface area (Å²) in [6, 6.07) is 15.3. The van der Waals surface area contributed by atoms with Gasteiger partial charge in [0.05, 0.1) is 24.2 Å². The Balaban J connectivity index is 2.53. The fourth-order valence-corrected chi connectivity index (χ4v) is 5.30. The van der Waals surface area contributed by atoms with Crippen molar-refractivity contribution in [1.29, 1.82) is 5.26 Å². The number of amides is 1.